The van der Waals surface area contributed by atoms with Crippen LogP contribution >= 0.6 is 11.6 Å². The lowest BCUT2D eigenvalue weighted by Crippen LogP contribution is -2.49. The molecule has 0 spiro atoms. The van der Waals surface area contributed by atoms with Gasteiger partial charge in [-0.3, -0.25) is 13.8 Å². The topological polar surface area (TPSA) is 145 Å². The molecule has 30 heavy (non-hydrogen) atoms. The van der Waals surface area contributed by atoms with Gasteiger partial charge < -0.3 is 10.1 Å². The van der Waals surface area contributed by atoms with Gasteiger partial charge in [0.25, 0.3) is 10.1 Å². The van der Waals surface area contributed by atoms with Crippen LogP contribution in [0.2, 0.25) is 5.02 Å². The number of esters is 1. The van der Waals surface area contributed by atoms with Gasteiger partial charge in [0, 0.05) is 18.0 Å². The molecule has 170 valence electrons. The quantitative estimate of drug-likeness (QED) is 0.238. The average molecular weight is 485 g/mol. The van der Waals surface area contributed by atoms with Crippen molar-refractivity contribution in [3.05, 3.63) is 29.3 Å². The van der Waals surface area contributed by atoms with E-state index in [2.05, 4.69) is 19.0 Å². The molecule has 0 fully saturated rings. The number of unbranched alkanes of at least 4 members (excludes halogenated alkanes) is 2. The Labute approximate surface area is 181 Å². The van der Waals surface area contributed by atoms with Crippen molar-refractivity contribution in [2.75, 3.05) is 26.5 Å². The summed E-state index contributed by atoms with van der Waals surface area (Å²) in [5.41, 5.74) is 0. The Morgan fingerprint density at radius 2 is 1.70 bits per heavy atom. The van der Waals surface area contributed by atoms with Crippen LogP contribution in [-0.4, -0.2) is 61.3 Å². The first-order valence-electron chi connectivity index (χ1n) is 8.91. The summed E-state index contributed by atoms with van der Waals surface area (Å²) in [6, 6.07) is 3.76. The number of sulfonamides is 1. The first kappa shape index (κ1) is 26.3. The van der Waals surface area contributed by atoms with Crippen molar-refractivity contribution in [3.8, 4) is 0 Å². The number of hydrogen-bond donors (Lipinski definition) is 2. The van der Waals surface area contributed by atoms with Crippen LogP contribution in [0.15, 0.2) is 29.2 Å². The second-order valence-corrected chi connectivity index (χ2v) is 10.1. The number of carbonyl (C=O) groups excluding carboxylic acids is 2. The maximum Gasteiger partial charge on any atom is 0.305 e. The molecule has 0 bridgehead atoms. The number of ether oxygens (including phenoxy) is 1. The number of nitrogens with one attached hydrogen (secondary N) is 2. The summed E-state index contributed by atoms with van der Waals surface area (Å²) >= 11 is 5.75. The lowest BCUT2D eigenvalue weighted by Gasteiger charge is -2.18. The van der Waals surface area contributed by atoms with Crippen molar-refractivity contribution < 1.29 is 35.3 Å². The Morgan fingerprint density at radius 1 is 1.07 bits per heavy atom. The predicted octanol–water partition coefficient (Wildman–Crippen LogP) is 0.813. The van der Waals surface area contributed by atoms with Gasteiger partial charge in [0.15, 0.2) is 0 Å². The molecule has 0 aromatic heterocycles. The second kappa shape index (κ2) is 12.2. The van der Waals surface area contributed by atoms with E-state index in [0.717, 1.165) is 6.26 Å². The summed E-state index contributed by atoms with van der Waals surface area (Å²) in [5, 5.41) is 2.86. The number of benzene rings is 1. The molecular formula is C17H25ClN2O8S2. The van der Waals surface area contributed by atoms with Gasteiger partial charge in [0.05, 0.1) is 24.9 Å². The Hall–Kier alpha value is -1.73. The van der Waals surface area contributed by atoms with Crippen LogP contribution in [0.25, 0.3) is 0 Å². The molecule has 1 unspecified atom stereocenters. The van der Waals surface area contributed by atoms with Crippen LogP contribution in [0.3, 0.4) is 0 Å². The zero-order valence-corrected chi connectivity index (χ0v) is 19.0. The summed E-state index contributed by atoms with van der Waals surface area (Å²) in [6.45, 7) is -0.502. The van der Waals surface area contributed by atoms with E-state index < -0.39 is 38.7 Å². The highest BCUT2D eigenvalue weighted by Gasteiger charge is 2.27. The van der Waals surface area contributed by atoms with Gasteiger partial charge in [0.2, 0.25) is 15.9 Å². The summed E-state index contributed by atoms with van der Waals surface area (Å²) < 4.78 is 58.8. The maximum absolute atomic E-state index is 12.5. The highest BCUT2D eigenvalue weighted by Crippen LogP contribution is 2.14. The van der Waals surface area contributed by atoms with Crippen LogP contribution in [0.4, 0.5) is 0 Å². The van der Waals surface area contributed by atoms with Crippen LogP contribution in [0, 0.1) is 0 Å². The number of carbonyl (C=O) groups is 2. The summed E-state index contributed by atoms with van der Waals surface area (Å²) in [7, 11) is -6.74. The molecule has 10 nitrogen and oxygen atoms in total. The molecule has 0 saturated heterocycles. The normalized spacial score (nSPS) is 12.9. The van der Waals surface area contributed by atoms with Crippen molar-refractivity contribution in [2.24, 2.45) is 0 Å². The van der Waals surface area contributed by atoms with Crippen LogP contribution < -0.4 is 10.0 Å². The molecule has 1 atom stereocenters. The fourth-order valence-corrected chi connectivity index (χ4v) is 3.92. The molecular weight excluding hydrogens is 460 g/mol. The van der Waals surface area contributed by atoms with Gasteiger partial charge in [-0.2, -0.15) is 13.1 Å². The highest BCUT2D eigenvalue weighted by molar-refractivity contribution is 7.89. The standard InChI is InChI=1S/C17H25ClN2O8S2/c1-27-16(21)6-4-3-5-11-19-17(22)15(12-28-29(2,23)24)20-30(25,26)14-9-7-13(18)8-10-14/h7-10,15,20H,3-6,11-12H2,1-2H3,(H,19,22). The van der Waals surface area contributed by atoms with Crippen molar-refractivity contribution in [3.63, 3.8) is 0 Å². The van der Waals surface area contributed by atoms with E-state index in [9.17, 15) is 26.4 Å². The van der Waals surface area contributed by atoms with Gasteiger partial charge >= 0.3 is 5.97 Å². The molecule has 1 aromatic carbocycles. The average Bonchev–Trinajstić information content (AvgIpc) is 2.66. The third-order valence-electron chi connectivity index (χ3n) is 3.77. The Balaban J connectivity index is 2.71. The zero-order chi connectivity index (χ0) is 22.8. The minimum absolute atomic E-state index is 0.146. The number of amides is 1. The molecule has 0 saturated carbocycles. The second-order valence-electron chi connectivity index (χ2n) is 6.29. The van der Waals surface area contributed by atoms with E-state index in [-0.39, 0.29) is 23.8 Å². The van der Waals surface area contributed by atoms with Gasteiger partial charge in [-0.1, -0.05) is 18.0 Å². The number of rotatable bonds is 13. The van der Waals surface area contributed by atoms with Crippen molar-refractivity contribution in [2.45, 2.75) is 36.6 Å². The molecule has 1 amide bonds. The zero-order valence-electron chi connectivity index (χ0n) is 16.6. The van der Waals surface area contributed by atoms with Crippen LogP contribution in [0.5, 0.6) is 0 Å². The predicted molar refractivity (Wildman–Crippen MR) is 110 cm³/mol. The van der Waals surface area contributed by atoms with E-state index >= 15 is 0 Å². The number of methoxy groups -OCH3 is 1. The Morgan fingerprint density at radius 3 is 2.27 bits per heavy atom. The number of halogens is 1. The van der Waals surface area contributed by atoms with Crippen LogP contribution in [0.1, 0.15) is 25.7 Å². The molecule has 1 rings (SSSR count). The smallest absolute Gasteiger partial charge is 0.305 e. The monoisotopic (exact) mass is 484 g/mol. The third-order valence-corrected chi connectivity index (χ3v) is 6.08. The van der Waals surface area contributed by atoms with E-state index in [0.29, 0.717) is 24.3 Å². The van der Waals surface area contributed by atoms with Gasteiger partial charge in [-0.15, -0.1) is 0 Å². The van der Waals surface area contributed by atoms with Crippen LogP contribution in [-0.2, 0) is 38.7 Å². The minimum Gasteiger partial charge on any atom is -0.469 e. The molecule has 0 radical (unpaired) electrons. The number of hydrogen-bond acceptors (Lipinski definition) is 8. The minimum atomic E-state index is -4.14. The van der Waals surface area contributed by atoms with E-state index in [1.54, 1.807) is 0 Å². The summed E-state index contributed by atoms with van der Waals surface area (Å²) in [5.74, 6) is -1.07. The Kier molecular flexibility index (Phi) is 10.7. The molecule has 0 aliphatic rings. The lowest BCUT2D eigenvalue weighted by molar-refractivity contribution is -0.140. The molecule has 0 aliphatic carbocycles. The molecule has 0 aliphatic heterocycles. The largest absolute Gasteiger partial charge is 0.469 e. The van der Waals surface area contributed by atoms with E-state index in [1.807, 2.05) is 0 Å². The first-order chi connectivity index (χ1) is 13.9. The molecule has 13 heteroatoms. The van der Waals surface area contributed by atoms with E-state index in [4.69, 9.17) is 11.6 Å². The highest BCUT2D eigenvalue weighted by atomic mass is 35.5. The lowest BCUT2D eigenvalue weighted by atomic mass is 10.2. The fourth-order valence-electron chi connectivity index (χ4n) is 2.23. The summed E-state index contributed by atoms with van der Waals surface area (Å²) in [4.78, 5) is 23.3. The van der Waals surface area contributed by atoms with Gasteiger partial charge in [-0.05, 0) is 37.1 Å². The first-order valence-corrected chi connectivity index (χ1v) is 12.6. The van der Waals surface area contributed by atoms with Crippen molar-refractivity contribution >= 4 is 43.6 Å². The molecule has 0 heterocycles. The maximum atomic E-state index is 12.5. The molecule has 1 aromatic rings. The van der Waals surface area contributed by atoms with Crippen molar-refractivity contribution in [1.82, 2.24) is 10.0 Å². The van der Waals surface area contributed by atoms with Gasteiger partial charge in [-0.25, -0.2) is 8.42 Å². The van der Waals surface area contributed by atoms with E-state index in [1.165, 1.54) is 31.4 Å². The summed E-state index contributed by atoms with van der Waals surface area (Å²) in [6.07, 6.45) is 2.79. The SMILES string of the molecule is COC(=O)CCCCCNC(=O)C(COS(C)(=O)=O)NS(=O)(=O)c1ccc(Cl)cc1. The van der Waals surface area contributed by atoms with Gasteiger partial charge in [0.1, 0.15) is 6.04 Å². The van der Waals surface area contributed by atoms with Crippen molar-refractivity contribution in [1.29, 1.82) is 0 Å². The third kappa shape index (κ3) is 10.3. The Bertz CT molecular complexity index is 918. The molecule has 2 N–H and O–H groups in total. The fraction of sp³-hybridized carbons (Fsp3) is 0.529.